The van der Waals surface area contributed by atoms with E-state index in [0.29, 0.717) is 17.7 Å². The third-order valence-corrected chi connectivity index (χ3v) is 4.89. The predicted molar refractivity (Wildman–Crippen MR) is 95.3 cm³/mol. The molecule has 1 aromatic heterocycles. The molecule has 0 fully saturated rings. The molecule has 0 amide bonds. The number of aryl methyl sites for hydroxylation is 3. The number of fused-ring (bicyclic) bond motifs is 2. The van der Waals surface area contributed by atoms with Crippen LogP contribution in [0.4, 0.5) is 8.63 Å². The number of halogens is 2. The summed E-state index contributed by atoms with van der Waals surface area (Å²) < 4.78 is 31.9. The Morgan fingerprint density at radius 2 is 1.80 bits per heavy atom. The molecular weight excluding hydrogens is 321 g/mol. The van der Waals surface area contributed by atoms with Crippen molar-refractivity contribution in [3.63, 3.8) is 0 Å². The summed E-state index contributed by atoms with van der Waals surface area (Å²) in [6.45, 7) is 1.98. The molecule has 0 aliphatic carbocycles. The van der Waals surface area contributed by atoms with Crippen molar-refractivity contribution in [2.24, 2.45) is 0 Å². The standard InChI is InChI=1S/C19H17BF2N2O/c1-12-7-13(2)18(14(3)8-12)19-16-5-4-6-23(16)20(21,22)24-10-15(11-25)9-17(19)24/h4-11H,1-3H3. The topological polar surface area (TPSA) is 25.0 Å². The van der Waals surface area contributed by atoms with E-state index in [-0.39, 0.29) is 5.56 Å². The summed E-state index contributed by atoms with van der Waals surface area (Å²) in [5.41, 5.74) is 5.97. The maximum absolute atomic E-state index is 15.0. The van der Waals surface area contributed by atoms with E-state index in [0.717, 1.165) is 36.8 Å². The van der Waals surface area contributed by atoms with Crippen molar-refractivity contribution in [1.82, 2.24) is 4.48 Å². The first-order chi connectivity index (χ1) is 11.8. The second-order valence-corrected chi connectivity index (χ2v) is 6.72. The molecule has 4 rings (SSSR count). The smallest absolute Gasteiger partial charge is 0.395 e. The van der Waals surface area contributed by atoms with Gasteiger partial charge in [0.15, 0.2) is 12.0 Å². The van der Waals surface area contributed by atoms with Crippen LogP contribution in [0.5, 0.6) is 0 Å². The number of aldehydes is 1. The van der Waals surface area contributed by atoms with Gasteiger partial charge in [0.1, 0.15) is 6.21 Å². The average molecular weight is 338 g/mol. The van der Waals surface area contributed by atoms with Crippen LogP contribution >= 0.6 is 0 Å². The van der Waals surface area contributed by atoms with E-state index in [1.54, 1.807) is 18.2 Å². The fourth-order valence-electron chi connectivity index (χ4n) is 3.99. The van der Waals surface area contributed by atoms with Crippen LogP contribution in [0.3, 0.4) is 0 Å². The molecule has 0 atom stereocenters. The molecule has 3 heterocycles. The third-order valence-electron chi connectivity index (χ3n) is 4.89. The molecule has 0 bridgehead atoms. The van der Waals surface area contributed by atoms with Gasteiger partial charge in [-0.2, -0.15) is 0 Å². The van der Waals surface area contributed by atoms with Crippen LogP contribution in [-0.2, 0) is 0 Å². The highest BCUT2D eigenvalue weighted by Crippen LogP contribution is 2.41. The molecule has 0 saturated heterocycles. The third kappa shape index (κ3) is 2.10. The van der Waals surface area contributed by atoms with Gasteiger partial charge in [-0.25, -0.2) is 0 Å². The van der Waals surface area contributed by atoms with Gasteiger partial charge < -0.3 is 17.6 Å². The van der Waals surface area contributed by atoms with E-state index < -0.39 is 6.97 Å². The average Bonchev–Trinajstić information content (AvgIpc) is 3.17. The van der Waals surface area contributed by atoms with Crippen molar-refractivity contribution in [2.45, 2.75) is 20.8 Å². The van der Waals surface area contributed by atoms with Gasteiger partial charge in [-0.15, -0.1) is 0 Å². The fourth-order valence-corrected chi connectivity index (χ4v) is 3.99. The molecule has 0 unspecified atom stereocenters. The number of carbonyl (C=O) groups is 1. The number of carbonyl (C=O) groups excluding carboxylic acids is 1. The predicted octanol–water partition coefficient (Wildman–Crippen LogP) is 3.87. The lowest BCUT2D eigenvalue weighted by molar-refractivity contribution is -0.356. The summed E-state index contributed by atoms with van der Waals surface area (Å²) >= 11 is 0. The Kier molecular flexibility index (Phi) is 3.23. The van der Waals surface area contributed by atoms with Crippen molar-refractivity contribution in [3.8, 4) is 0 Å². The second kappa shape index (κ2) is 5.12. The summed E-state index contributed by atoms with van der Waals surface area (Å²) in [6.07, 6.45) is 6.60. The fraction of sp³-hybridized carbons (Fsp3) is 0.158. The van der Waals surface area contributed by atoms with E-state index in [2.05, 4.69) is 12.1 Å². The van der Waals surface area contributed by atoms with Crippen LogP contribution in [0.2, 0.25) is 0 Å². The number of nitrogens with zero attached hydrogens (tertiary/aromatic N) is 2. The van der Waals surface area contributed by atoms with E-state index >= 15 is 0 Å². The molecule has 3 nitrogen and oxygen atoms in total. The number of aromatic nitrogens is 1. The van der Waals surface area contributed by atoms with E-state index in [9.17, 15) is 13.4 Å². The number of allylic oxidation sites excluding steroid dienone is 2. The number of hydrogen-bond donors (Lipinski definition) is 0. The molecule has 0 spiro atoms. The van der Waals surface area contributed by atoms with Crippen LogP contribution in [0, 0.1) is 20.8 Å². The first-order valence-electron chi connectivity index (χ1n) is 8.17. The summed E-state index contributed by atoms with van der Waals surface area (Å²) in [4.78, 5) is 11.2. The molecule has 0 radical (unpaired) electrons. The monoisotopic (exact) mass is 338 g/mol. The molecule has 0 N–H and O–H groups in total. The minimum atomic E-state index is -4.02. The van der Waals surface area contributed by atoms with Gasteiger partial charge in [-0.3, -0.25) is 4.79 Å². The number of hydrogen-bond acceptors (Lipinski definition) is 1. The zero-order valence-corrected chi connectivity index (χ0v) is 14.3. The Labute approximate surface area is 144 Å². The maximum atomic E-state index is 15.0. The molecule has 2 aliphatic rings. The van der Waals surface area contributed by atoms with Crippen molar-refractivity contribution in [2.75, 3.05) is 0 Å². The van der Waals surface area contributed by atoms with Gasteiger partial charge in [0.05, 0.1) is 5.57 Å². The quantitative estimate of drug-likeness (QED) is 0.603. The highest BCUT2D eigenvalue weighted by molar-refractivity contribution is 6.57. The van der Waals surface area contributed by atoms with Crippen molar-refractivity contribution < 1.29 is 17.9 Å². The second-order valence-electron chi connectivity index (χ2n) is 6.72. The van der Waals surface area contributed by atoms with Crippen LogP contribution in [0.1, 0.15) is 38.3 Å². The zero-order chi connectivity index (χ0) is 17.9. The Hall–Kier alpha value is -2.76. The zero-order valence-electron chi connectivity index (χ0n) is 14.3. The Morgan fingerprint density at radius 1 is 1.12 bits per heavy atom. The normalized spacial score (nSPS) is 17.4. The van der Waals surface area contributed by atoms with Crippen molar-refractivity contribution in [3.05, 3.63) is 75.8 Å². The van der Waals surface area contributed by atoms with E-state index in [1.165, 1.54) is 12.4 Å². The van der Waals surface area contributed by atoms with Crippen LogP contribution in [-0.4, -0.2) is 28.4 Å². The SMILES string of the molecule is Cc1cc(C)c(C2=C3C=CC=[N+]3[B-](F)(F)n3cc(C=O)cc32)c(C)c1. The van der Waals surface area contributed by atoms with Crippen LogP contribution < -0.4 is 0 Å². The number of rotatable bonds is 2. The van der Waals surface area contributed by atoms with E-state index in [1.807, 2.05) is 20.8 Å². The minimum absolute atomic E-state index is 0.252. The molecule has 2 aromatic rings. The highest BCUT2D eigenvalue weighted by Gasteiger charge is 2.52. The van der Waals surface area contributed by atoms with Gasteiger partial charge in [0.25, 0.3) is 0 Å². The first-order valence-corrected chi connectivity index (χ1v) is 8.17. The summed E-state index contributed by atoms with van der Waals surface area (Å²) in [5, 5.41) is 0. The minimum Gasteiger partial charge on any atom is -0.395 e. The van der Waals surface area contributed by atoms with E-state index in [4.69, 9.17) is 0 Å². The largest absolute Gasteiger partial charge is 0.737 e. The molecular formula is C19H17BF2N2O. The van der Waals surface area contributed by atoms with Gasteiger partial charge in [0.2, 0.25) is 0 Å². The number of benzene rings is 1. The van der Waals surface area contributed by atoms with Gasteiger partial charge in [-0.05, 0) is 49.7 Å². The Morgan fingerprint density at radius 3 is 2.44 bits per heavy atom. The molecule has 0 saturated carbocycles. The molecule has 2 aliphatic heterocycles. The van der Waals surface area contributed by atoms with Gasteiger partial charge in [0, 0.05) is 23.4 Å². The van der Waals surface area contributed by atoms with Gasteiger partial charge >= 0.3 is 6.97 Å². The molecule has 6 heteroatoms. The lowest BCUT2D eigenvalue weighted by atomic mass is 9.83. The van der Waals surface area contributed by atoms with Crippen molar-refractivity contribution in [1.29, 1.82) is 0 Å². The summed E-state index contributed by atoms with van der Waals surface area (Å²) in [5.74, 6) is 0. The van der Waals surface area contributed by atoms with Crippen molar-refractivity contribution >= 4 is 25.0 Å². The molecule has 25 heavy (non-hydrogen) atoms. The van der Waals surface area contributed by atoms with Crippen LogP contribution in [0.15, 0.2) is 42.2 Å². The summed E-state index contributed by atoms with van der Waals surface area (Å²) in [6, 6.07) is 5.65. The lowest BCUT2D eigenvalue weighted by Gasteiger charge is -2.31. The maximum Gasteiger partial charge on any atom is 0.737 e. The Balaban J connectivity index is 2.12. The Bertz CT molecular complexity index is 1010. The van der Waals surface area contributed by atoms with Gasteiger partial charge in [-0.1, -0.05) is 17.7 Å². The van der Waals surface area contributed by atoms with Crippen LogP contribution in [0.25, 0.3) is 5.57 Å². The highest BCUT2D eigenvalue weighted by atomic mass is 19.2. The molecule has 1 aromatic carbocycles. The lowest BCUT2D eigenvalue weighted by Crippen LogP contribution is -2.49. The molecule has 126 valence electrons. The summed E-state index contributed by atoms with van der Waals surface area (Å²) in [7, 11) is 0. The first kappa shape index (κ1) is 15.8.